The summed E-state index contributed by atoms with van der Waals surface area (Å²) in [6.45, 7) is 3.96. The van der Waals surface area contributed by atoms with Crippen LogP contribution in [0.25, 0.3) is 21.8 Å². The van der Waals surface area contributed by atoms with Crippen molar-refractivity contribution in [1.82, 2.24) is 4.98 Å². The van der Waals surface area contributed by atoms with E-state index in [1.807, 2.05) is 6.07 Å². The lowest BCUT2D eigenvalue weighted by Gasteiger charge is -2.55. The number of H-pyrrole nitrogens is 1. The minimum absolute atomic E-state index is 0. The van der Waals surface area contributed by atoms with Crippen LogP contribution in [0, 0.1) is 11.3 Å². The quantitative estimate of drug-likeness (QED) is 0.600. The maximum absolute atomic E-state index is 12.2. The number of carbonyl (C=O) groups is 1. The molecular formula is C23H27NO4. The van der Waals surface area contributed by atoms with Crippen molar-refractivity contribution in [1.29, 1.82) is 0 Å². The van der Waals surface area contributed by atoms with Crippen LogP contribution in [-0.4, -0.2) is 32.7 Å². The van der Waals surface area contributed by atoms with Gasteiger partial charge in [-0.05, 0) is 73.3 Å². The number of aliphatic hydroxyl groups is 1. The number of hydrogen-bond acceptors (Lipinski definition) is 2. The molecule has 0 bridgehead atoms. The van der Waals surface area contributed by atoms with E-state index in [9.17, 15) is 15.0 Å². The second-order valence-corrected chi connectivity index (χ2v) is 8.88. The van der Waals surface area contributed by atoms with Gasteiger partial charge in [-0.25, -0.2) is 0 Å². The number of benzene rings is 2. The molecule has 5 rings (SSSR count). The minimum Gasteiger partial charge on any atom is -0.481 e. The predicted molar refractivity (Wildman–Crippen MR) is 110 cm³/mol. The molecule has 3 aromatic rings. The van der Waals surface area contributed by atoms with Crippen molar-refractivity contribution < 1.29 is 20.5 Å². The first-order valence-electron chi connectivity index (χ1n) is 9.81. The Hall–Kier alpha value is -2.37. The summed E-state index contributed by atoms with van der Waals surface area (Å²) in [6.07, 6.45) is 2.22. The maximum atomic E-state index is 12.2. The van der Waals surface area contributed by atoms with E-state index in [0.717, 1.165) is 30.3 Å². The van der Waals surface area contributed by atoms with Gasteiger partial charge in [0.05, 0.1) is 11.5 Å². The summed E-state index contributed by atoms with van der Waals surface area (Å²) in [5.74, 6) is -0.941. The Balaban J connectivity index is 0.00000192. The van der Waals surface area contributed by atoms with E-state index in [1.54, 1.807) is 6.92 Å². The van der Waals surface area contributed by atoms with E-state index in [4.69, 9.17) is 0 Å². The van der Waals surface area contributed by atoms with Crippen LogP contribution in [-0.2, 0) is 16.6 Å². The molecule has 1 aromatic heterocycles. The summed E-state index contributed by atoms with van der Waals surface area (Å²) in [5.41, 5.74) is 3.54. The summed E-state index contributed by atoms with van der Waals surface area (Å²) >= 11 is 0. The van der Waals surface area contributed by atoms with E-state index < -0.39 is 17.5 Å². The van der Waals surface area contributed by atoms with E-state index in [2.05, 4.69) is 42.2 Å². The Kier molecular flexibility index (Phi) is 4.11. The molecule has 2 aliphatic carbocycles. The van der Waals surface area contributed by atoms with Gasteiger partial charge in [-0.15, -0.1) is 0 Å². The molecule has 1 saturated carbocycles. The average Bonchev–Trinajstić information content (AvgIpc) is 3.01. The number of aromatic amines is 1. The smallest absolute Gasteiger partial charge is 0.312 e. The number of aryl methyl sites for hydroxylation is 1. The topological polar surface area (TPSA) is 105 Å². The number of rotatable bonds is 1. The Morgan fingerprint density at radius 3 is 2.61 bits per heavy atom. The highest BCUT2D eigenvalue weighted by atomic mass is 16.4. The van der Waals surface area contributed by atoms with Crippen LogP contribution >= 0.6 is 0 Å². The van der Waals surface area contributed by atoms with Crippen molar-refractivity contribution in [2.75, 3.05) is 0 Å². The lowest BCUT2D eigenvalue weighted by molar-refractivity contribution is -0.171. The number of aromatic nitrogens is 1. The maximum Gasteiger partial charge on any atom is 0.312 e. The van der Waals surface area contributed by atoms with E-state index in [1.165, 1.54) is 21.9 Å². The van der Waals surface area contributed by atoms with Crippen LogP contribution in [0.5, 0.6) is 0 Å². The summed E-state index contributed by atoms with van der Waals surface area (Å²) in [4.78, 5) is 15.7. The molecule has 148 valence electrons. The highest BCUT2D eigenvalue weighted by Crippen LogP contribution is 2.57. The van der Waals surface area contributed by atoms with Crippen LogP contribution in [0.2, 0.25) is 0 Å². The van der Waals surface area contributed by atoms with E-state index in [0.29, 0.717) is 6.42 Å². The second-order valence-electron chi connectivity index (χ2n) is 8.88. The summed E-state index contributed by atoms with van der Waals surface area (Å²) in [6, 6.07) is 12.9. The first-order chi connectivity index (χ1) is 12.9. The van der Waals surface area contributed by atoms with Gasteiger partial charge in [-0.2, -0.15) is 0 Å². The highest BCUT2D eigenvalue weighted by molar-refractivity contribution is 6.07. The van der Waals surface area contributed by atoms with Gasteiger partial charge in [0, 0.05) is 21.8 Å². The molecule has 1 fully saturated rings. The van der Waals surface area contributed by atoms with Crippen molar-refractivity contribution in [2.24, 2.45) is 11.3 Å². The van der Waals surface area contributed by atoms with Gasteiger partial charge < -0.3 is 20.7 Å². The van der Waals surface area contributed by atoms with Crippen molar-refractivity contribution in [3.05, 3.63) is 47.5 Å². The van der Waals surface area contributed by atoms with E-state index >= 15 is 0 Å². The molecule has 0 radical (unpaired) electrons. The Labute approximate surface area is 163 Å². The standard InChI is InChI=1S/C23H25NO3.H2O/c1-22-10-9-20(25)23(2,21(26)27)19(22)8-7-13-11-18-15(12-16(13)22)14-5-3-4-6-17(14)24-18;/h3-6,11-12,19-20,24-25H,7-10H2,1-2H3,(H,26,27);1H2/t19-,20+,22-,23+;/m1./s1. The molecule has 0 saturated heterocycles. The van der Waals surface area contributed by atoms with Crippen LogP contribution in [0.4, 0.5) is 0 Å². The number of nitrogens with one attached hydrogen (secondary N) is 1. The van der Waals surface area contributed by atoms with Gasteiger partial charge in [0.25, 0.3) is 0 Å². The molecule has 0 amide bonds. The fourth-order valence-corrected chi connectivity index (χ4v) is 6.02. The van der Waals surface area contributed by atoms with Gasteiger partial charge in [0.1, 0.15) is 0 Å². The number of para-hydroxylation sites is 1. The molecule has 0 aliphatic heterocycles. The zero-order chi connectivity index (χ0) is 19.0. The van der Waals surface area contributed by atoms with Crippen molar-refractivity contribution in [3.8, 4) is 0 Å². The van der Waals surface area contributed by atoms with Crippen LogP contribution < -0.4 is 0 Å². The molecule has 5 nitrogen and oxygen atoms in total. The molecular weight excluding hydrogens is 354 g/mol. The van der Waals surface area contributed by atoms with Crippen LogP contribution in [0.3, 0.4) is 0 Å². The third-order valence-electron chi connectivity index (χ3n) is 7.63. The van der Waals surface area contributed by atoms with E-state index in [-0.39, 0.29) is 16.8 Å². The number of fused-ring (bicyclic) bond motifs is 6. The van der Waals surface area contributed by atoms with Crippen LogP contribution in [0.15, 0.2) is 36.4 Å². The monoisotopic (exact) mass is 381 g/mol. The average molecular weight is 381 g/mol. The minimum atomic E-state index is -1.10. The predicted octanol–water partition coefficient (Wildman–Crippen LogP) is 3.56. The van der Waals surface area contributed by atoms with Gasteiger partial charge in [0.15, 0.2) is 0 Å². The normalized spacial score (nSPS) is 31.8. The fraction of sp³-hybridized carbons (Fsp3) is 0.435. The SMILES string of the molecule is C[C@@]1(C(=O)O)[C@@H](O)CC[C@]2(C)c3cc4c(cc3CC[C@@H]12)[nH]c1ccccc14.O. The van der Waals surface area contributed by atoms with Crippen LogP contribution in [0.1, 0.15) is 44.2 Å². The highest BCUT2D eigenvalue weighted by Gasteiger charge is 2.59. The number of aliphatic hydroxyl groups excluding tert-OH is 1. The largest absolute Gasteiger partial charge is 0.481 e. The van der Waals surface area contributed by atoms with Gasteiger partial charge in [0.2, 0.25) is 0 Å². The third-order valence-corrected chi connectivity index (χ3v) is 7.63. The van der Waals surface area contributed by atoms with Gasteiger partial charge >= 0.3 is 5.97 Å². The summed E-state index contributed by atoms with van der Waals surface area (Å²) in [5, 5.41) is 23.0. The number of carboxylic acid groups (broad SMARTS) is 1. The summed E-state index contributed by atoms with van der Waals surface area (Å²) in [7, 11) is 0. The van der Waals surface area contributed by atoms with Gasteiger partial charge in [-0.1, -0.05) is 25.1 Å². The zero-order valence-corrected chi connectivity index (χ0v) is 16.2. The number of hydrogen-bond donors (Lipinski definition) is 3. The van der Waals surface area contributed by atoms with Crippen molar-refractivity contribution >= 4 is 27.8 Å². The lowest BCUT2D eigenvalue weighted by atomic mass is 9.49. The van der Waals surface area contributed by atoms with Gasteiger partial charge in [-0.3, -0.25) is 4.79 Å². The molecule has 28 heavy (non-hydrogen) atoms. The molecule has 5 heteroatoms. The molecule has 4 atom stereocenters. The molecule has 5 N–H and O–H groups in total. The van der Waals surface area contributed by atoms with Crippen molar-refractivity contribution in [3.63, 3.8) is 0 Å². The molecule has 0 spiro atoms. The third kappa shape index (κ3) is 2.23. The Morgan fingerprint density at radius 1 is 1.11 bits per heavy atom. The molecule has 2 aliphatic rings. The second kappa shape index (κ2) is 6.06. The fourth-order valence-electron chi connectivity index (χ4n) is 6.02. The Bertz CT molecular complexity index is 1090. The first-order valence-corrected chi connectivity index (χ1v) is 9.81. The first kappa shape index (κ1) is 19.0. The summed E-state index contributed by atoms with van der Waals surface area (Å²) < 4.78 is 0. The lowest BCUT2D eigenvalue weighted by Crippen LogP contribution is -2.58. The number of aliphatic carboxylic acids is 1. The Morgan fingerprint density at radius 2 is 1.86 bits per heavy atom. The molecule has 0 unspecified atom stereocenters. The van der Waals surface area contributed by atoms with Crippen molar-refractivity contribution in [2.45, 2.75) is 51.0 Å². The zero-order valence-electron chi connectivity index (χ0n) is 16.2. The number of carboxylic acids is 1. The molecule has 2 aromatic carbocycles. The molecule has 1 heterocycles.